The van der Waals surface area contributed by atoms with Crippen LogP contribution in [0.3, 0.4) is 0 Å². The van der Waals surface area contributed by atoms with Gasteiger partial charge in [-0.3, -0.25) is 0 Å². The fourth-order valence-electron chi connectivity index (χ4n) is 3.07. The van der Waals surface area contributed by atoms with Crippen LogP contribution in [0.1, 0.15) is 35.4 Å². The smallest absolute Gasteiger partial charge is 0.119 e. The molecule has 1 aromatic rings. The van der Waals surface area contributed by atoms with Crippen LogP contribution in [0.15, 0.2) is 24.3 Å². The van der Waals surface area contributed by atoms with Gasteiger partial charge in [-0.25, -0.2) is 0 Å². The predicted octanol–water partition coefficient (Wildman–Crippen LogP) is 2.63. The number of benzene rings is 1. The molecule has 1 aliphatic carbocycles. The van der Waals surface area contributed by atoms with E-state index in [2.05, 4.69) is 0 Å². The summed E-state index contributed by atoms with van der Waals surface area (Å²) in [5, 5.41) is 11.3. The third-order valence-corrected chi connectivity index (χ3v) is 4.10. The minimum Gasteiger partial charge on any atom is -0.497 e. The first-order chi connectivity index (χ1) is 10.3. The second kappa shape index (κ2) is 5.93. The van der Waals surface area contributed by atoms with Gasteiger partial charge in [-0.15, -0.1) is 0 Å². The molecule has 2 atom stereocenters. The van der Waals surface area contributed by atoms with Crippen molar-refractivity contribution in [1.82, 2.24) is 4.90 Å². The monoisotopic (exact) mass is 266 g/mol. The molecular formula is C16H25NO2. The lowest BCUT2D eigenvalue weighted by molar-refractivity contribution is -0.0619. The van der Waals surface area contributed by atoms with Crippen molar-refractivity contribution in [1.29, 1.82) is 0 Å². The van der Waals surface area contributed by atoms with Gasteiger partial charge in [0.15, 0.2) is 0 Å². The summed E-state index contributed by atoms with van der Waals surface area (Å²) < 4.78 is 27.8. The zero-order chi connectivity index (χ0) is 16.4. The van der Waals surface area contributed by atoms with Crippen LogP contribution in [-0.2, 0) is 5.60 Å². The van der Waals surface area contributed by atoms with Crippen molar-refractivity contribution in [2.24, 2.45) is 5.92 Å². The van der Waals surface area contributed by atoms with Gasteiger partial charge < -0.3 is 14.7 Å². The van der Waals surface area contributed by atoms with E-state index in [0.29, 0.717) is 18.7 Å². The summed E-state index contributed by atoms with van der Waals surface area (Å²) in [6.07, 6.45) is 3.45. The van der Waals surface area contributed by atoms with Crippen molar-refractivity contribution in [3.8, 4) is 5.75 Å². The molecule has 1 fully saturated rings. The van der Waals surface area contributed by atoms with Crippen LogP contribution in [0.2, 0.25) is 0 Å². The molecule has 3 nitrogen and oxygen atoms in total. The van der Waals surface area contributed by atoms with Crippen molar-refractivity contribution in [3.63, 3.8) is 0 Å². The van der Waals surface area contributed by atoms with Crippen LogP contribution in [0.5, 0.6) is 5.75 Å². The highest BCUT2D eigenvalue weighted by molar-refractivity contribution is 5.33. The Kier molecular flexibility index (Phi) is 3.34. The van der Waals surface area contributed by atoms with Gasteiger partial charge >= 0.3 is 0 Å². The van der Waals surface area contributed by atoms with Gasteiger partial charge in [-0.2, -0.15) is 0 Å². The van der Waals surface area contributed by atoms with Crippen LogP contribution in [0.25, 0.3) is 0 Å². The summed E-state index contributed by atoms with van der Waals surface area (Å²) in [5.41, 5.74) is -0.178. The maximum atomic E-state index is 11.3. The highest BCUT2D eigenvalue weighted by atomic mass is 16.5. The lowest BCUT2D eigenvalue weighted by Gasteiger charge is -2.41. The van der Waals surface area contributed by atoms with Gasteiger partial charge in [0.1, 0.15) is 5.75 Å². The first kappa shape index (κ1) is 10.7. The second-order valence-electron chi connectivity index (χ2n) is 5.48. The van der Waals surface area contributed by atoms with Crippen molar-refractivity contribution in [3.05, 3.63) is 29.8 Å². The van der Waals surface area contributed by atoms with Gasteiger partial charge in [0, 0.05) is 16.6 Å². The fourth-order valence-corrected chi connectivity index (χ4v) is 3.07. The number of rotatable bonds is 4. The van der Waals surface area contributed by atoms with E-state index in [9.17, 15) is 5.11 Å². The van der Waals surface area contributed by atoms with E-state index in [-0.39, 0.29) is 5.92 Å². The lowest BCUT2D eigenvalue weighted by Crippen LogP contribution is -2.43. The van der Waals surface area contributed by atoms with Crippen LogP contribution in [0.4, 0.5) is 0 Å². The third-order valence-electron chi connectivity index (χ3n) is 4.10. The standard InChI is InChI=1S/C16H25NO2/c1-17(2)12-14-7-4-5-10-16(14,18)13-8-6-9-15(11-13)19-3/h6,8-9,11,14,18H,4-5,7,10,12H2,1-3H3/t14-,16+/m0/s1/i1D3. The van der Waals surface area contributed by atoms with Crippen LogP contribution < -0.4 is 4.74 Å². The normalized spacial score (nSPS) is 30.5. The van der Waals surface area contributed by atoms with Crippen LogP contribution >= 0.6 is 0 Å². The van der Waals surface area contributed by atoms with Crippen LogP contribution in [-0.4, -0.2) is 37.7 Å². The number of nitrogens with zero attached hydrogens (tertiary/aromatic N) is 1. The molecular weight excluding hydrogens is 238 g/mol. The van der Waals surface area contributed by atoms with E-state index in [1.807, 2.05) is 24.3 Å². The molecule has 106 valence electrons. The number of methoxy groups -OCH3 is 1. The first-order valence-corrected chi connectivity index (χ1v) is 6.85. The Hall–Kier alpha value is -1.06. The van der Waals surface area contributed by atoms with E-state index in [1.54, 1.807) is 14.2 Å². The van der Waals surface area contributed by atoms with Crippen molar-refractivity contribution < 1.29 is 14.0 Å². The van der Waals surface area contributed by atoms with Crippen molar-refractivity contribution in [2.75, 3.05) is 27.7 Å². The molecule has 0 aromatic heterocycles. The predicted molar refractivity (Wildman–Crippen MR) is 77.4 cm³/mol. The third kappa shape index (κ3) is 3.10. The maximum absolute atomic E-state index is 11.3. The van der Waals surface area contributed by atoms with Crippen molar-refractivity contribution >= 4 is 0 Å². The molecule has 3 heteroatoms. The molecule has 1 N–H and O–H groups in total. The molecule has 1 saturated carbocycles. The second-order valence-corrected chi connectivity index (χ2v) is 5.48. The quantitative estimate of drug-likeness (QED) is 0.909. The van der Waals surface area contributed by atoms with Gasteiger partial charge in [0.25, 0.3) is 0 Å². The molecule has 0 unspecified atom stereocenters. The first-order valence-electron chi connectivity index (χ1n) is 8.35. The molecule has 0 bridgehead atoms. The molecule has 19 heavy (non-hydrogen) atoms. The fraction of sp³-hybridized carbons (Fsp3) is 0.625. The zero-order valence-electron chi connectivity index (χ0n) is 14.7. The summed E-state index contributed by atoms with van der Waals surface area (Å²) in [7, 11) is 3.19. The summed E-state index contributed by atoms with van der Waals surface area (Å²) >= 11 is 0. The zero-order valence-corrected chi connectivity index (χ0v) is 11.7. The Labute approximate surface area is 120 Å². The minimum absolute atomic E-state index is 0.0984. The summed E-state index contributed by atoms with van der Waals surface area (Å²) in [4.78, 5) is 1.36. The Bertz CT molecular complexity index is 506. The van der Waals surface area contributed by atoms with E-state index in [0.717, 1.165) is 24.8 Å². The van der Waals surface area contributed by atoms with Gasteiger partial charge in [0.2, 0.25) is 0 Å². The Balaban J connectivity index is 2.27. The van der Waals surface area contributed by atoms with E-state index in [1.165, 1.54) is 4.90 Å². The molecule has 0 spiro atoms. The largest absolute Gasteiger partial charge is 0.497 e. The maximum Gasteiger partial charge on any atom is 0.119 e. The molecule has 0 amide bonds. The SMILES string of the molecule is [2H]C([2H])([2H])N(C)C[C@@H]1CCCC[C@@]1(O)c1cccc(OC)c1. The average molecular weight is 266 g/mol. The lowest BCUT2D eigenvalue weighted by atomic mass is 9.71. The average Bonchev–Trinajstić information content (AvgIpc) is 2.48. The van der Waals surface area contributed by atoms with E-state index in [4.69, 9.17) is 8.85 Å². The van der Waals surface area contributed by atoms with Gasteiger partial charge in [0.05, 0.1) is 12.7 Å². The molecule has 1 aromatic carbocycles. The number of ether oxygens (including phenoxy) is 1. The highest BCUT2D eigenvalue weighted by Crippen LogP contribution is 2.42. The summed E-state index contributed by atoms with van der Waals surface area (Å²) in [6, 6.07) is 7.47. The van der Waals surface area contributed by atoms with E-state index >= 15 is 0 Å². The minimum atomic E-state index is -2.13. The Morgan fingerprint density at radius 3 is 3.11 bits per heavy atom. The number of hydrogen-bond donors (Lipinski definition) is 1. The number of hydrogen-bond acceptors (Lipinski definition) is 3. The summed E-state index contributed by atoms with van der Waals surface area (Å²) in [6.45, 7) is -1.78. The summed E-state index contributed by atoms with van der Waals surface area (Å²) in [5.74, 6) is 0.609. The number of aliphatic hydroxyl groups is 1. The molecule has 0 saturated heterocycles. The topological polar surface area (TPSA) is 32.7 Å². The van der Waals surface area contributed by atoms with Gasteiger partial charge in [-0.05, 0) is 44.6 Å². The highest BCUT2D eigenvalue weighted by Gasteiger charge is 2.40. The van der Waals surface area contributed by atoms with Crippen LogP contribution in [0, 0.1) is 5.92 Å². The molecule has 0 radical (unpaired) electrons. The van der Waals surface area contributed by atoms with Crippen molar-refractivity contribution in [2.45, 2.75) is 31.3 Å². The Morgan fingerprint density at radius 2 is 2.37 bits per heavy atom. The van der Waals surface area contributed by atoms with E-state index < -0.39 is 12.6 Å². The molecule has 0 aliphatic heterocycles. The van der Waals surface area contributed by atoms with Gasteiger partial charge in [-0.1, -0.05) is 25.0 Å². The molecule has 0 heterocycles. The molecule has 1 aliphatic rings. The Morgan fingerprint density at radius 1 is 1.53 bits per heavy atom. The molecule has 2 rings (SSSR count).